The molecule has 0 saturated carbocycles. The van der Waals surface area contributed by atoms with E-state index in [4.69, 9.17) is 4.42 Å². The van der Waals surface area contributed by atoms with Crippen molar-refractivity contribution in [2.75, 3.05) is 5.32 Å². The van der Waals surface area contributed by atoms with Gasteiger partial charge >= 0.3 is 0 Å². The van der Waals surface area contributed by atoms with Crippen LogP contribution in [-0.4, -0.2) is 21.9 Å². The average Bonchev–Trinajstić information content (AvgIpc) is 3.22. The van der Waals surface area contributed by atoms with Crippen LogP contribution in [0, 0.1) is 5.82 Å². The number of halogens is 1. The maximum atomic E-state index is 13.2. The summed E-state index contributed by atoms with van der Waals surface area (Å²) in [6.07, 6.45) is 2.16. The summed E-state index contributed by atoms with van der Waals surface area (Å²) in [6.45, 7) is 1.89. The van der Waals surface area contributed by atoms with Gasteiger partial charge in [0.15, 0.2) is 0 Å². The monoisotopic (exact) mass is 390 g/mol. The highest BCUT2D eigenvalue weighted by Gasteiger charge is 2.17. The minimum atomic E-state index is -0.378. The molecular weight excluding hydrogens is 371 g/mol. The highest BCUT2D eigenvalue weighted by molar-refractivity contribution is 5.97. The molecule has 29 heavy (non-hydrogen) atoms. The predicted octanol–water partition coefficient (Wildman–Crippen LogP) is 4.47. The van der Waals surface area contributed by atoms with Crippen molar-refractivity contribution in [3.05, 3.63) is 84.3 Å². The first-order chi connectivity index (χ1) is 14.1. The van der Waals surface area contributed by atoms with Crippen molar-refractivity contribution in [2.45, 2.75) is 19.4 Å². The Morgan fingerprint density at radius 1 is 1.07 bits per heavy atom. The number of para-hydroxylation sites is 1. The standard InChI is InChI=1S/C22H19FN4O2/c1-14(13-17-5-4-12-29-17)24-22(28)21-26-19-7-3-2-6-18(19)20(27-21)25-16-10-8-15(23)9-11-16/h2-12,14H,13H2,1H3,(H,24,28)(H,25,26,27). The molecule has 0 fully saturated rings. The lowest BCUT2D eigenvalue weighted by Crippen LogP contribution is -2.35. The summed E-state index contributed by atoms with van der Waals surface area (Å²) >= 11 is 0. The van der Waals surface area contributed by atoms with E-state index < -0.39 is 0 Å². The van der Waals surface area contributed by atoms with Crippen molar-refractivity contribution < 1.29 is 13.6 Å². The molecule has 1 amide bonds. The van der Waals surface area contributed by atoms with Gasteiger partial charge in [-0.15, -0.1) is 0 Å². The summed E-state index contributed by atoms with van der Waals surface area (Å²) < 4.78 is 18.5. The number of amides is 1. The van der Waals surface area contributed by atoms with Crippen LogP contribution in [0.1, 0.15) is 23.3 Å². The van der Waals surface area contributed by atoms with Crippen LogP contribution in [0.25, 0.3) is 10.9 Å². The number of furan rings is 1. The molecule has 0 aliphatic carbocycles. The number of carbonyl (C=O) groups excluding carboxylic acids is 1. The molecule has 1 unspecified atom stereocenters. The van der Waals surface area contributed by atoms with Crippen LogP contribution in [0.5, 0.6) is 0 Å². The van der Waals surface area contributed by atoms with Gasteiger partial charge in [-0.1, -0.05) is 12.1 Å². The zero-order chi connectivity index (χ0) is 20.2. The SMILES string of the molecule is CC(Cc1ccco1)NC(=O)c1nc(Nc2ccc(F)cc2)c2ccccc2n1. The largest absolute Gasteiger partial charge is 0.469 e. The van der Waals surface area contributed by atoms with Crippen LogP contribution in [0.4, 0.5) is 15.9 Å². The zero-order valence-electron chi connectivity index (χ0n) is 15.7. The first kappa shape index (κ1) is 18.6. The maximum absolute atomic E-state index is 13.2. The van der Waals surface area contributed by atoms with Crippen molar-refractivity contribution in [2.24, 2.45) is 0 Å². The molecule has 7 heteroatoms. The molecule has 2 aromatic carbocycles. The molecule has 4 rings (SSSR count). The van der Waals surface area contributed by atoms with Crippen LogP contribution in [0.2, 0.25) is 0 Å². The predicted molar refractivity (Wildman–Crippen MR) is 109 cm³/mol. The van der Waals surface area contributed by atoms with E-state index in [1.807, 2.05) is 43.3 Å². The Morgan fingerprint density at radius 2 is 1.86 bits per heavy atom. The minimum absolute atomic E-state index is 0.0552. The normalized spacial score (nSPS) is 11.9. The lowest BCUT2D eigenvalue weighted by atomic mass is 10.2. The molecule has 1 atom stereocenters. The molecule has 0 bridgehead atoms. The van der Waals surface area contributed by atoms with Gasteiger partial charge in [0, 0.05) is 23.5 Å². The second-order valence-corrected chi connectivity index (χ2v) is 6.70. The summed E-state index contributed by atoms with van der Waals surface area (Å²) in [5.74, 6) is 0.618. The van der Waals surface area contributed by atoms with Gasteiger partial charge in [0.2, 0.25) is 5.82 Å². The van der Waals surface area contributed by atoms with E-state index in [2.05, 4.69) is 20.6 Å². The number of hydrogen-bond acceptors (Lipinski definition) is 5. The topological polar surface area (TPSA) is 80.0 Å². The number of nitrogens with one attached hydrogen (secondary N) is 2. The van der Waals surface area contributed by atoms with Gasteiger partial charge in [-0.2, -0.15) is 0 Å². The summed E-state index contributed by atoms with van der Waals surface area (Å²) in [7, 11) is 0. The number of anilines is 2. The van der Waals surface area contributed by atoms with Gasteiger partial charge in [0.05, 0.1) is 11.8 Å². The van der Waals surface area contributed by atoms with Gasteiger partial charge in [-0.05, 0) is 55.5 Å². The van der Waals surface area contributed by atoms with Crippen LogP contribution < -0.4 is 10.6 Å². The fourth-order valence-corrected chi connectivity index (χ4v) is 3.01. The van der Waals surface area contributed by atoms with E-state index in [9.17, 15) is 9.18 Å². The summed E-state index contributed by atoms with van der Waals surface area (Å²) in [4.78, 5) is 21.5. The van der Waals surface area contributed by atoms with E-state index in [1.165, 1.54) is 12.1 Å². The molecular formula is C22H19FN4O2. The maximum Gasteiger partial charge on any atom is 0.289 e. The molecule has 146 valence electrons. The summed E-state index contributed by atoms with van der Waals surface area (Å²) in [5, 5.41) is 6.80. The van der Waals surface area contributed by atoms with Crippen molar-refractivity contribution in [3.8, 4) is 0 Å². The Balaban J connectivity index is 1.60. The Morgan fingerprint density at radius 3 is 2.62 bits per heavy atom. The number of nitrogens with zero attached hydrogens (tertiary/aromatic N) is 2. The van der Waals surface area contributed by atoms with Gasteiger partial charge < -0.3 is 15.1 Å². The number of rotatable bonds is 6. The second kappa shape index (κ2) is 8.10. The lowest BCUT2D eigenvalue weighted by Gasteiger charge is -2.14. The summed E-state index contributed by atoms with van der Waals surface area (Å²) in [6, 6.07) is 16.8. The molecule has 4 aromatic rings. The molecule has 0 radical (unpaired) electrons. The Bertz CT molecular complexity index is 1130. The quantitative estimate of drug-likeness (QED) is 0.508. The van der Waals surface area contributed by atoms with Crippen LogP contribution >= 0.6 is 0 Å². The first-order valence-corrected chi connectivity index (χ1v) is 9.21. The van der Waals surface area contributed by atoms with E-state index >= 15 is 0 Å². The Labute approximate surface area is 166 Å². The number of benzene rings is 2. The van der Waals surface area contributed by atoms with Gasteiger partial charge in [-0.25, -0.2) is 14.4 Å². The van der Waals surface area contributed by atoms with E-state index in [0.717, 1.165) is 11.1 Å². The minimum Gasteiger partial charge on any atom is -0.469 e. The number of aromatic nitrogens is 2. The molecule has 2 heterocycles. The molecule has 2 aromatic heterocycles. The molecule has 0 aliphatic rings. The fraction of sp³-hybridized carbons (Fsp3) is 0.136. The first-order valence-electron chi connectivity index (χ1n) is 9.21. The van der Waals surface area contributed by atoms with Crippen molar-refractivity contribution in [1.29, 1.82) is 0 Å². The molecule has 0 aliphatic heterocycles. The third kappa shape index (κ3) is 4.40. The molecule has 0 saturated heterocycles. The van der Waals surface area contributed by atoms with Crippen LogP contribution in [0.15, 0.2) is 71.3 Å². The highest BCUT2D eigenvalue weighted by atomic mass is 19.1. The van der Waals surface area contributed by atoms with Gasteiger partial charge in [0.1, 0.15) is 17.4 Å². The number of hydrogen-bond donors (Lipinski definition) is 2. The Kier molecular flexibility index (Phi) is 5.20. The lowest BCUT2D eigenvalue weighted by molar-refractivity contribution is 0.0929. The number of fused-ring (bicyclic) bond motifs is 1. The van der Waals surface area contributed by atoms with Crippen molar-refractivity contribution >= 4 is 28.3 Å². The third-order valence-electron chi connectivity index (χ3n) is 4.38. The zero-order valence-corrected chi connectivity index (χ0v) is 15.7. The van der Waals surface area contributed by atoms with Crippen molar-refractivity contribution in [3.63, 3.8) is 0 Å². The second-order valence-electron chi connectivity index (χ2n) is 6.70. The molecule has 0 spiro atoms. The fourth-order valence-electron chi connectivity index (χ4n) is 3.01. The smallest absolute Gasteiger partial charge is 0.289 e. The van der Waals surface area contributed by atoms with E-state index in [-0.39, 0.29) is 23.6 Å². The summed E-state index contributed by atoms with van der Waals surface area (Å²) in [5.41, 5.74) is 1.30. The van der Waals surface area contributed by atoms with E-state index in [1.54, 1.807) is 18.4 Å². The Hall–Kier alpha value is -3.74. The average molecular weight is 390 g/mol. The van der Waals surface area contributed by atoms with E-state index in [0.29, 0.717) is 23.4 Å². The van der Waals surface area contributed by atoms with Crippen molar-refractivity contribution in [1.82, 2.24) is 15.3 Å². The third-order valence-corrected chi connectivity index (χ3v) is 4.38. The van der Waals surface area contributed by atoms with Gasteiger partial charge in [-0.3, -0.25) is 4.79 Å². The van der Waals surface area contributed by atoms with Gasteiger partial charge in [0.25, 0.3) is 5.91 Å². The highest BCUT2D eigenvalue weighted by Crippen LogP contribution is 2.24. The van der Waals surface area contributed by atoms with Crippen LogP contribution in [-0.2, 0) is 6.42 Å². The molecule has 2 N–H and O–H groups in total. The van der Waals surface area contributed by atoms with Crippen LogP contribution in [0.3, 0.4) is 0 Å². The number of carbonyl (C=O) groups is 1. The molecule has 6 nitrogen and oxygen atoms in total.